The van der Waals surface area contributed by atoms with E-state index < -0.39 is 0 Å². The lowest BCUT2D eigenvalue weighted by atomic mass is 10.1. The fourth-order valence-corrected chi connectivity index (χ4v) is 3.59. The van der Waals surface area contributed by atoms with E-state index in [1.807, 2.05) is 55.7 Å². The maximum absolute atomic E-state index is 6.05. The first-order chi connectivity index (χ1) is 15.7. The SMILES string of the molecule is Cn1cc(-c2ccc(Nc3nccc(-c4ccc(OC5CCOCC5)cc4)n3)cn2)cn1. The molecule has 4 heterocycles. The third-order valence-corrected chi connectivity index (χ3v) is 5.30. The van der Waals surface area contributed by atoms with Crippen LogP contribution in [0.3, 0.4) is 0 Å². The van der Waals surface area contributed by atoms with Crippen LogP contribution in [0.1, 0.15) is 12.8 Å². The first kappa shape index (κ1) is 20.1. The minimum atomic E-state index is 0.225. The van der Waals surface area contributed by atoms with E-state index >= 15 is 0 Å². The molecule has 0 saturated carbocycles. The van der Waals surface area contributed by atoms with Gasteiger partial charge < -0.3 is 14.8 Å². The smallest absolute Gasteiger partial charge is 0.227 e. The summed E-state index contributed by atoms with van der Waals surface area (Å²) in [5, 5.41) is 7.41. The molecule has 0 unspecified atom stereocenters. The Morgan fingerprint density at radius 3 is 2.50 bits per heavy atom. The van der Waals surface area contributed by atoms with Crippen molar-refractivity contribution in [1.29, 1.82) is 0 Å². The Balaban J connectivity index is 1.26. The second-order valence-corrected chi connectivity index (χ2v) is 7.68. The molecule has 3 aromatic heterocycles. The van der Waals surface area contributed by atoms with Gasteiger partial charge >= 0.3 is 0 Å². The number of hydrogen-bond acceptors (Lipinski definition) is 7. The van der Waals surface area contributed by atoms with Gasteiger partial charge in [0.2, 0.25) is 5.95 Å². The van der Waals surface area contributed by atoms with Crippen molar-refractivity contribution < 1.29 is 9.47 Å². The molecule has 0 bridgehead atoms. The van der Waals surface area contributed by atoms with E-state index in [2.05, 4.69) is 25.4 Å². The molecule has 1 saturated heterocycles. The largest absolute Gasteiger partial charge is 0.490 e. The zero-order valence-electron chi connectivity index (χ0n) is 17.8. The topological polar surface area (TPSA) is 87.0 Å². The van der Waals surface area contributed by atoms with Crippen molar-refractivity contribution in [3.63, 3.8) is 0 Å². The summed E-state index contributed by atoms with van der Waals surface area (Å²) in [7, 11) is 1.89. The van der Waals surface area contributed by atoms with Crippen molar-refractivity contribution in [3.05, 3.63) is 67.3 Å². The Kier molecular flexibility index (Phi) is 5.76. The van der Waals surface area contributed by atoms with Crippen LogP contribution in [-0.4, -0.2) is 44.1 Å². The van der Waals surface area contributed by atoms with E-state index in [0.717, 1.165) is 60.0 Å². The third kappa shape index (κ3) is 4.76. The number of aromatic nitrogens is 5. The molecule has 1 fully saturated rings. The van der Waals surface area contributed by atoms with E-state index in [1.54, 1.807) is 23.3 Å². The average Bonchev–Trinajstić information content (AvgIpc) is 3.27. The number of aryl methyl sites for hydroxylation is 1. The van der Waals surface area contributed by atoms with E-state index in [1.165, 1.54) is 0 Å². The molecular formula is C24H24N6O2. The molecule has 162 valence electrons. The van der Waals surface area contributed by atoms with Gasteiger partial charge in [-0.15, -0.1) is 0 Å². The van der Waals surface area contributed by atoms with Gasteiger partial charge in [0.1, 0.15) is 11.9 Å². The third-order valence-electron chi connectivity index (χ3n) is 5.30. The van der Waals surface area contributed by atoms with E-state index in [-0.39, 0.29) is 6.10 Å². The molecule has 5 rings (SSSR count). The zero-order chi connectivity index (χ0) is 21.8. The molecule has 0 aliphatic carbocycles. The van der Waals surface area contributed by atoms with Gasteiger partial charge in [-0.2, -0.15) is 5.10 Å². The summed E-state index contributed by atoms with van der Waals surface area (Å²) < 4.78 is 13.2. The fourth-order valence-electron chi connectivity index (χ4n) is 3.59. The molecule has 8 heteroatoms. The van der Waals surface area contributed by atoms with Gasteiger partial charge in [0.05, 0.1) is 42.7 Å². The Morgan fingerprint density at radius 1 is 0.938 bits per heavy atom. The summed E-state index contributed by atoms with van der Waals surface area (Å²) in [6.45, 7) is 1.53. The fraction of sp³-hybridized carbons (Fsp3) is 0.250. The number of anilines is 2. The van der Waals surface area contributed by atoms with E-state index in [9.17, 15) is 0 Å². The Hall–Kier alpha value is -3.78. The predicted octanol–water partition coefficient (Wildman–Crippen LogP) is 4.24. The minimum absolute atomic E-state index is 0.225. The second kappa shape index (κ2) is 9.15. The molecule has 0 spiro atoms. The summed E-state index contributed by atoms with van der Waals surface area (Å²) in [6, 6.07) is 13.8. The van der Waals surface area contributed by atoms with Crippen LogP contribution >= 0.6 is 0 Å². The Labute approximate surface area is 186 Å². The molecule has 1 N–H and O–H groups in total. The molecule has 4 aromatic rings. The first-order valence-corrected chi connectivity index (χ1v) is 10.6. The molecule has 0 atom stereocenters. The van der Waals surface area contributed by atoms with Gasteiger partial charge in [-0.3, -0.25) is 9.67 Å². The van der Waals surface area contributed by atoms with Gasteiger partial charge in [0.25, 0.3) is 0 Å². The van der Waals surface area contributed by atoms with E-state index in [0.29, 0.717) is 5.95 Å². The van der Waals surface area contributed by atoms with Crippen molar-refractivity contribution in [2.24, 2.45) is 7.05 Å². The molecule has 1 aliphatic heterocycles. The highest BCUT2D eigenvalue weighted by atomic mass is 16.5. The maximum Gasteiger partial charge on any atom is 0.227 e. The van der Waals surface area contributed by atoms with Gasteiger partial charge in [-0.05, 0) is 42.5 Å². The van der Waals surface area contributed by atoms with Crippen LogP contribution < -0.4 is 10.1 Å². The number of pyridine rings is 1. The van der Waals surface area contributed by atoms with Crippen molar-refractivity contribution >= 4 is 11.6 Å². The standard InChI is InChI=1S/C24H24N6O2/c1-30-16-18(14-27-30)22-7-4-19(15-26-22)28-24-25-11-8-23(29-24)17-2-5-20(6-3-17)32-21-9-12-31-13-10-21/h2-8,11,14-16,21H,9-10,12-13H2,1H3,(H,25,28,29). The molecular weight excluding hydrogens is 404 g/mol. The summed E-state index contributed by atoms with van der Waals surface area (Å²) in [4.78, 5) is 13.5. The highest BCUT2D eigenvalue weighted by Crippen LogP contribution is 2.24. The number of nitrogens with zero attached hydrogens (tertiary/aromatic N) is 5. The summed E-state index contributed by atoms with van der Waals surface area (Å²) >= 11 is 0. The number of hydrogen-bond donors (Lipinski definition) is 1. The number of benzene rings is 1. The second-order valence-electron chi connectivity index (χ2n) is 7.68. The van der Waals surface area contributed by atoms with Gasteiger partial charge in [0.15, 0.2) is 0 Å². The van der Waals surface area contributed by atoms with Crippen molar-refractivity contribution in [2.45, 2.75) is 18.9 Å². The van der Waals surface area contributed by atoms with Crippen LogP contribution in [0.25, 0.3) is 22.5 Å². The first-order valence-electron chi connectivity index (χ1n) is 10.6. The van der Waals surface area contributed by atoms with Crippen LogP contribution in [0.2, 0.25) is 0 Å². The lowest BCUT2D eigenvalue weighted by molar-refractivity contribution is 0.0256. The Bertz CT molecular complexity index is 1170. The molecule has 8 nitrogen and oxygen atoms in total. The van der Waals surface area contributed by atoms with Crippen molar-refractivity contribution in [2.75, 3.05) is 18.5 Å². The van der Waals surface area contributed by atoms with Gasteiger partial charge in [0, 0.05) is 43.4 Å². The minimum Gasteiger partial charge on any atom is -0.490 e. The molecule has 32 heavy (non-hydrogen) atoms. The highest BCUT2D eigenvalue weighted by Gasteiger charge is 2.15. The quantitative estimate of drug-likeness (QED) is 0.491. The van der Waals surface area contributed by atoms with Crippen molar-refractivity contribution in [3.8, 4) is 28.3 Å². The summed E-state index contributed by atoms with van der Waals surface area (Å²) in [5.41, 5.74) is 4.48. The number of nitrogens with one attached hydrogen (secondary N) is 1. The molecule has 1 aromatic carbocycles. The van der Waals surface area contributed by atoms with Gasteiger partial charge in [-0.25, -0.2) is 9.97 Å². The monoisotopic (exact) mass is 428 g/mol. The van der Waals surface area contributed by atoms with Gasteiger partial charge in [-0.1, -0.05) is 0 Å². The van der Waals surface area contributed by atoms with Crippen LogP contribution in [0, 0.1) is 0 Å². The molecule has 0 radical (unpaired) electrons. The number of ether oxygens (including phenoxy) is 2. The molecule has 0 amide bonds. The van der Waals surface area contributed by atoms with E-state index in [4.69, 9.17) is 9.47 Å². The highest BCUT2D eigenvalue weighted by molar-refractivity contribution is 5.64. The molecule has 1 aliphatic rings. The lowest BCUT2D eigenvalue weighted by Crippen LogP contribution is -2.25. The predicted molar refractivity (Wildman–Crippen MR) is 122 cm³/mol. The van der Waals surface area contributed by atoms with Crippen LogP contribution in [-0.2, 0) is 11.8 Å². The average molecular weight is 428 g/mol. The van der Waals surface area contributed by atoms with Crippen molar-refractivity contribution in [1.82, 2.24) is 24.7 Å². The van der Waals surface area contributed by atoms with Crippen LogP contribution in [0.4, 0.5) is 11.6 Å². The maximum atomic E-state index is 6.05. The summed E-state index contributed by atoms with van der Waals surface area (Å²) in [5.74, 6) is 1.38. The Morgan fingerprint density at radius 2 is 1.78 bits per heavy atom. The number of rotatable bonds is 6. The van der Waals surface area contributed by atoms with Crippen LogP contribution in [0.15, 0.2) is 67.3 Å². The van der Waals surface area contributed by atoms with Crippen LogP contribution in [0.5, 0.6) is 5.75 Å². The summed E-state index contributed by atoms with van der Waals surface area (Å²) in [6.07, 6.45) is 9.32. The normalized spacial score (nSPS) is 14.3. The zero-order valence-corrected chi connectivity index (χ0v) is 17.8. The lowest BCUT2D eigenvalue weighted by Gasteiger charge is -2.23.